The average Bonchev–Trinajstić information content (AvgIpc) is 2.46. The molecule has 0 heterocycles. The zero-order valence-electron chi connectivity index (χ0n) is 12.8. The zero-order chi connectivity index (χ0) is 14.5. The fourth-order valence-electron chi connectivity index (χ4n) is 3.37. The van der Waals surface area contributed by atoms with E-state index in [0.717, 1.165) is 25.1 Å². The molecule has 1 aliphatic carbocycles. The van der Waals surface area contributed by atoms with Gasteiger partial charge in [0.25, 0.3) is 0 Å². The SMILES string of the molecule is CCNCC1CCC(C)CC1c1cccc(OC)c1F. The predicted molar refractivity (Wildman–Crippen MR) is 80.7 cm³/mol. The van der Waals surface area contributed by atoms with Crippen LogP contribution in [0.1, 0.15) is 44.6 Å². The molecule has 0 amide bonds. The van der Waals surface area contributed by atoms with Gasteiger partial charge in [-0.3, -0.25) is 0 Å². The Bertz CT molecular complexity index is 433. The molecule has 0 saturated heterocycles. The van der Waals surface area contributed by atoms with Crippen molar-refractivity contribution in [2.75, 3.05) is 20.2 Å². The van der Waals surface area contributed by atoms with Crippen LogP contribution in [0.15, 0.2) is 18.2 Å². The summed E-state index contributed by atoms with van der Waals surface area (Å²) in [6.45, 7) is 6.34. The Hall–Kier alpha value is -1.09. The van der Waals surface area contributed by atoms with Gasteiger partial charge in [-0.05, 0) is 55.3 Å². The van der Waals surface area contributed by atoms with E-state index >= 15 is 0 Å². The van der Waals surface area contributed by atoms with Crippen LogP contribution >= 0.6 is 0 Å². The highest BCUT2D eigenvalue weighted by Crippen LogP contribution is 2.42. The molecule has 2 rings (SSSR count). The average molecular weight is 279 g/mol. The van der Waals surface area contributed by atoms with E-state index in [1.54, 1.807) is 6.07 Å². The van der Waals surface area contributed by atoms with Crippen molar-refractivity contribution in [2.24, 2.45) is 11.8 Å². The summed E-state index contributed by atoms with van der Waals surface area (Å²) >= 11 is 0. The summed E-state index contributed by atoms with van der Waals surface area (Å²) < 4.78 is 19.7. The van der Waals surface area contributed by atoms with E-state index in [-0.39, 0.29) is 5.82 Å². The summed E-state index contributed by atoms with van der Waals surface area (Å²) in [5.41, 5.74) is 0.832. The molecule has 3 heteroatoms. The van der Waals surface area contributed by atoms with E-state index in [9.17, 15) is 4.39 Å². The lowest BCUT2D eigenvalue weighted by Gasteiger charge is -2.35. The molecular formula is C17H26FNO. The van der Waals surface area contributed by atoms with Crippen LogP contribution in [-0.2, 0) is 0 Å². The number of halogens is 1. The van der Waals surface area contributed by atoms with Crippen LogP contribution in [-0.4, -0.2) is 20.2 Å². The number of rotatable bonds is 5. The largest absolute Gasteiger partial charge is 0.494 e. The van der Waals surface area contributed by atoms with Gasteiger partial charge in [-0.25, -0.2) is 4.39 Å². The molecule has 1 aromatic rings. The Labute approximate surface area is 121 Å². The Morgan fingerprint density at radius 2 is 2.15 bits per heavy atom. The fraction of sp³-hybridized carbons (Fsp3) is 0.647. The first-order valence-corrected chi connectivity index (χ1v) is 7.70. The van der Waals surface area contributed by atoms with Gasteiger partial charge in [0.1, 0.15) is 0 Å². The number of methoxy groups -OCH3 is 1. The number of nitrogens with one attached hydrogen (secondary N) is 1. The number of hydrogen-bond acceptors (Lipinski definition) is 2. The predicted octanol–water partition coefficient (Wildman–Crippen LogP) is 3.96. The summed E-state index contributed by atoms with van der Waals surface area (Å²) in [4.78, 5) is 0. The summed E-state index contributed by atoms with van der Waals surface area (Å²) in [6, 6.07) is 5.53. The van der Waals surface area contributed by atoms with Crippen molar-refractivity contribution in [3.8, 4) is 5.75 Å². The fourth-order valence-corrected chi connectivity index (χ4v) is 3.37. The molecular weight excluding hydrogens is 253 g/mol. The van der Waals surface area contributed by atoms with Crippen LogP contribution in [0, 0.1) is 17.7 Å². The monoisotopic (exact) mass is 279 g/mol. The first-order chi connectivity index (χ1) is 9.67. The summed E-state index contributed by atoms with van der Waals surface area (Å²) in [6.07, 6.45) is 3.49. The van der Waals surface area contributed by atoms with E-state index in [1.807, 2.05) is 12.1 Å². The van der Waals surface area contributed by atoms with Gasteiger partial charge < -0.3 is 10.1 Å². The highest BCUT2D eigenvalue weighted by molar-refractivity contribution is 5.34. The van der Waals surface area contributed by atoms with E-state index in [0.29, 0.717) is 23.5 Å². The van der Waals surface area contributed by atoms with Gasteiger partial charge in [0.15, 0.2) is 11.6 Å². The molecule has 0 spiro atoms. The van der Waals surface area contributed by atoms with Crippen molar-refractivity contribution in [1.82, 2.24) is 5.32 Å². The minimum Gasteiger partial charge on any atom is -0.494 e. The quantitative estimate of drug-likeness (QED) is 0.880. The summed E-state index contributed by atoms with van der Waals surface area (Å²) in [5, 5.41) is 3.43. The van der Waals surface area contributed by atoms with Crippen molar-refractivity contribution in [2.45, 2.75) is 39.0 Å². The normalized spacial score (nSPS) is 26.5. The van der Waals surface area contributed by atoms with E-state index < -0.39 is 0 Å². The van der Waals surface area contributed by atoms with Crippen LogP contribution < -0.4 is 10.1 Å². The molecule has 3 unspecified atom stereocenters. The first kappa shape index (κ1) is 15.3. The molecule has 20 heavy (non-hydrogen) atoms. The van der Waals surface area contributed by atoms with Gasteiger partial charge >= 0.3 is 0 Å². The lowest BCUT2D eigenvalue weighted by Crippen LogP contribution is -2.32. The zero-order valence-corrected chi connectivity index (χ0v) is 12.8. The Balaban J connectivity index is 2.25. The van der Waals surface area contributed by atoms with Crippen LogP contribution in [0.2, 0.25) is 0 Å². The Morgan fingerprint density at radius 3 is 2.85 bits per heavy atom. The van der Waals surface area contributed by atoms with Gasteiger partial charge in [0.05, 0.1) is 7.11 Å². The van der Waals surface area contributed by atoms with Gasteiger partial charge in [-0.2, -0.15) is 0 Å². The second-order valence-corrected chi connectivity index (χ2v) is 5.96. The molecule has 0 aliphatic heterocycles. The van der Waals surface area contributed by atoms with Gasteiger partial charge in [0.2, 0.25) is 0 Å². The van der Waals surface area contributed by atoms with Crippen LogP contribution in [0.3, 0.4) is 0 Å². The number of benzene rings is 1. The maximum atomic E-state index is 14.5. The molecule has 1 fully saturated rings. The second-order valence-electron chi connectivity index (χ2n) is 5.96. The smallest absolute Gasteiger partial charge is 0.168 e. The maximum absolute atomic E-state index is 14.5. The van der Waals surface area contributed by atoms with Crippen molar-refractivity contribution >= 4 is 0 Å². The minimum atomic E-state index is -0.171. The van der Waals surface area contributed by atoms with Crippen LogP contribution in [0.25, 0.3) is 0 Å². The van der Waals surface area contributed by atoms with Crippen molar-refractivity contribution in [3.63, 3.8) is 0 Å². The standard InChI is InChI=1S/C17H26FNO/c1-4-19-11-13-9-8-12(2)10-15(13)14-6-5-7-16(20-3)17(14)18/h5-7,12-13,15,19H,4,8-11H2,1-3H3. The lowest BCUT2D eigenvalue weighted by atomic mass is 9.71. The molecule has 3 atom stereocenters. The lowest BCUT2D eigenvalue weighted by molar-refractivity contribution is 0.237. The third-order valence-electron chi connectivity index (χ3n) is 4.52. The topological polar surface area (TPSA) is 21.3 Å². The van der Waals surface area contributed by atoms with E-state index in [2.05, 4.69) is 19.2 Å². The maximum Gasteiger partial charge on any atom is 0.168 e. The van der Waals surface area contributed by atoms with Gasteiger partial charge in [-0.15, -0.1) is 0 Å². The van der Waals surface area contributed by atoms with Crippen molar-refractivity contribution in [1.29, 1.82) is 0 Å². The molecule has 112 valence electrons. The third kappa shape index (κ3) is 3.32. The summed E-state index contributed by atoms with van der Waals surface area (Å²) in [5.74, 6) is 1.68. The van der Waals surface area contributed by atoms with Gasteiger partial charge in [-0.1, -0.05) is 32.4 Å². The molecule has 0 bridgehead atoms. The number of ether oxygens (including phenoxy) is 1. The molecule has 1 N–H and O–H groups in total. The molecule has 1 saturated carbocycles. The summed E-state index contributed by atoms with van der Waals surface area (Å²) in [7, 11) is 1.53. The van der Waals surface area contributed by atoms with Crippen LogP contribution in [0.5, 0.6) is 5.75 Å². The molecule has 0 radical (unpaired) electrons. The Morgan fingerprint density at radius 1 is 1.35 bits per heavy atom. The number of hydrogen-bond donors (Lipinski definition) is 1. The second kappa shape index (κ2) is 7.07. The highest BCUT2D eigenvalue weighted by atomic mass is 19.1. The first-order valence-electron chi connectivity index (χ1n) is 7.70. The highest BCUT2D eigenvalue weighted by Gasteiger charge is 2.31. The van der Waals surface area contributed by atoms with Crippen molar-refractivity contribution in [3.05, 3.63) is 29.6 Å². The third-order valence-corrected chi connectivity index (χ3v) is 4.52. The Kier molecular flexibility index (Phi) is 5.41. The van der Waals surface area contributed by atoms with Gasteiger partial charge in [0, 0.05) is 0 Å². The minimum absolute atomic E-state index is 0.171. The molecule has 1 aromatic carbocycles. The van der Waals surface area contributed by atoms with E-state index in [4.69, 9.17) is 4.74 Å². The van der Waals surface area contributed by atoms with Crippen LogP contribution in [0.4, 0.5) is 4.39 Å². The molecule has 0 aromatic heterocycles. The molecule has 1 aliphatic rings. The van der Waals surface area contributed by atoms with Crippen molar-refractivity contribution < 1.29 is 9.13 Å². The van der Waals surface area contributed by atoms with E-state index in [1.165, 1.54) is 20.0 Å². The molecule has 2 nitrogen and oxygen atoms in total.